The highest BCUT2D eigenvalue weighted by atomic mass is 35.5. The fourth-order valence-electron chi connectivity index (χ4n) is 3.52. The number of rotatable bonds is 6. The van der Waals surface area contributed by atoms with Gasteiger partial charge in [-0.25, -0.2) is 4.98 Å². The number of imidazole rings is 1. The molecule has 0 atom stereocenters. The van der Waals surface area contributed by atoms with E-state index in [2.05, 4.69) is 22.7 Å². The van der Waals surface area contributed by atoms with E-state index in [-0.39, 0.29) is 5.91 Å². The van der Waals surface area contributed by atoms with Crippen LogP contribution in [0.3, 0.4) is 0 Å². The Hall–Kier alpha value is -2.01. The van der Waals surface area contributed by atoms with E-state index in [9.17, 15) is 4.79 Å². The molecule has 1 aromatic carbocycles. The molecule has 3 rings (SSSR count). The lowest BCUT2D eigenvalue weighted by Crippen LogP contribution is -2.38. The highest BCUT2D eigenvalue weighted by Gasteiger charge is 2.27. The Balaban J connectivity index is 1.62. The van der Waals surface area contributed by atoms with Crippen molar-refractivity contribution >= 4 is 17.5 Å². The van der Waals surface area contributed by atoms with Crippen LogP contribution in [0, 0.1) is 0 Å². The lowest BCUT2D eigenvalue weighted by molar-refractivity contribution is 0.0710. The molecule has 0 spiro atoms. The Morgan fingerprint density at radius 3 is 2.77 bits per heavy atom. The van der Waals surface area contributed by atoms with Gasteiger partial charge in [-0.05, 0) is 37.5 Å². The number of likely N-dealkylation sites (tertiary alicyclic amines) is 1. The molecule has 1 aliphatic rings. The summed E-state index contributed by atoms with van der Waals surface area (Å²) in [6.45, 7) is 4.71. The standard InChI is InChI=1S/C20H26ClN3O2/c1-3-4-10-23-13-9-22-19(23)15-7-11-24(12-8-15)20(25)16-5-6-18(26-2)17(21)14-16/h5-6,9,13-15H,3-4,7-8,10-12H2,1-2H3. The second kappa shape index (κ2) is 8.58. The van der Waals surface area contributed by atoms with Gasteiger partial charge in [0.1, 0.15) is 11.6 Å². The van der Waals surface area contributed by atoms with Gasteiger partial charge < -0.3 is 14.2 Å². The minimum Gasteiger partial charge on any atom is -0.495 e. The fourth-order valence-corrected chi connectivity index (χ4v) is 3.78. The second-order valence-electron chi connectivity index (χ2n) is 6.75. The Bertz CT molecular complexity index is 751. The first kappa shape index (κ1) is 18.8. The SMILES string of the molecule is CCCCn1ccnc1C1CCN(C(=O)c2ccc(OC)c(Cl)c2)CC1. The second-order valence-corrected chi connectivity index (χ2v) is 7.16. The predicted octanol–water partition coefficient (Wildman–Crippen LogP) is 4.37. The number of ether oxygens (including phenoxy) is 1. The van der Waals surface area contributed by atoms with Crippen LogP contribution >= 0.6 is 11.6 Å². The Kier molecular flexibility index (Phi) is 6.20. The van der Waals surface area contributed by atoms with E-state index in [0.717, 1.165) is 38.3 Å². The Labute approximate surface area is 159 Å². The van der Waals surface area contributed by atoms with Crippen molar-refractivity contribution in [3.63, 3.8) is 0 Å². The predicted molar refractivity (Wildman–Crippen MR) is 103 cm³/mol. The number of aryl methyl sites for hydroxylation is 1. The molecule has 140 valence electrons. The maximum Gasteiger partial charge on any atom is 0.253 e. The molecule has 26 heavy (non-hydrogen) atoms. The minimum atomic E-state index is 0.0299. The van der Waals surface area contributed by atoms with E-state index in [1.54, 1.807) is 25.3 Å². The highest BCUT2D eigenvalue weighted by Crippen LogP contribution is 2.29. The molecule has 1 fully saturated rings. The summed E-state index contributed by atoms with van der Waals surface area (Å²) in [6.07, 6.45) is 8.19. The van der Waals surface area contributed by atoms with Gasteiger partial charge in [0, 0.05) is 43.5 Å². The summed E-state index contributed by atoms with van der Waals surface area (Å²) in [6, 6.07) is 5.20. The maximum atomic E-state index is 12.8. The number of halogens is 1. The molecule has 1 aliphatic heterocycles. The van der Waals surface area contributed by atoms with Gasteiger partial charge >= 0.3 is 0 Å². The van der Waals surface area contributed by atoms with Crippen LogP contribution in [-0.4, -0.2) is 40.6 Å². The molecule has 1 aromatic heterocycles. The number of carbonyl (C=O) groups is 1. The molecule has 1 saturated heterocycles. The van der Waals surface area contributed by atoms with Crippen LogP contribution < -0.4 is 4.74 Å². The average molecular weight is 376 g/mol. The molecule has 0 N–H and O–H groups in total. The van der Waals surface area contributed by atoms with Crippen molar-refractivity contribution in [1.29, 1.82) is 0 Å². The molecule has 0 aliphatic carbocycles. The molecule has 0 unspecified atom stereocenters. The monoisotopic (exact) mass is 375 g/mol. The number of hydrogen-bond donors (Lipinski definition) is 0. The Morgan fingerprint density at radius 2 is 2.12 bits per heavy atom. The quantitative estimate of drug-likeness (QED) is 0.753. The van der Waals surface area contributed by atoms with Crippen molar-refractivity contribution < 1.29 is 9.53 Å². The smallest absolute Gasteiger partial charge is 0.253 e. The molecule has 1 amide bonds. The third-order valence-electron chi connectivity index (χ3n) is 5.05. The van der Waals surface area contributed by atoms with Crippen molar-refractivity contribution in [2.24, 2.45) is 0 Å². The zero-order valence-corrected chi connectivity index (χ0v) is 16.2. The molecule has 0 radical (unpaired) electrons. The van der Waals surface area contributed by atoms with E-state index in [1.165, 1.54) is 12.8 Å². The number of aromatic nitrogens is 2. The van der Waals surface area contributed by atoms with Gasteiger partial charge in [0.05, 0.1) is 12.1 Å². The number of hydrogen-bond acceptors (Lipinski definition) is 3. The normalized spacial score (nSPS) is 15.3. The van der Waals surface area contributed by atoms with Crippen molar-refractivity contribution in [3.8, 4) is 5.75 Å². The van der Waals surface area contributed by atoms with Crippen LogP contribution in [-0.2, 0) is 6.54 Å². The van der Waals surface area contributed by atoms with Gasteiger partial charge in [0.25, 0.3) is 5.91 Å². The van der Waals surface area contributed by atoms with E-state index in [1.807, 2.05) is 11.1 Å². The van der Waals surface area contributed by atoms with Crippen LogP contribution in [0.4, 0.5) is 0 Å². The number of carbonyl (C=O) groups excluding carboxylic acids is 1. The molecule has 5 nitrogen and oxygen atoms in total. The average Bonchev–Trinajstić information content (AvgIpc) is 3.14. The summed E-state index contributed by atoms with van der Waals surface area (Å²) in [5.74, 6) is 2.20. The van der Waals surface area contributed by atoms with Gasteiger partial charge in [-0.2, -0.15) is 0 Å². The first-order chi connectivity index (χ1) is 12.6. The van der Waals surface area contributed by atoms with Crippen molar-refractivity contribution in [2.45, 2.75) is 45.1 Å². The first-order valence-corrected chi connectivity index (χ1v) is 9.65. The largest absolute Gasteiger partial charge is 0.495 e. The third kappa shape index (κ3) is 4.04. The number of methoxy groups -OCH3 is 1. The Morgan fingerprint density at radius 1 is 1.35 bits per heavy atom. The summed E-state index contributed by atoms with van der Waals surface area (Å²) < 4.78 is 7.43. The number of benzene rings is 1. The lowest BCUT2D eigenvalue weighted by Gasteiger charge is -2.32. The molecule has 2 aromatic rings. The van der Waals surface area contributed by atoms with E-state index >= 15 is 0 Å². The molecule has 2 heterocycles. The molecular formula is C20H26ClN3O2. The number of amides is 1. The van der Waals surface area contributed by atoms with Crippen LogP contribution in [0.5, 0.6) is 5.75 Å². The summed E-state index contributed by atoms with van der Waals surface area (Å²) in [4.78, 5) is 19.2. The van der Waals surface area contributed by atoms with Gasteiger partial charge in [0.2, 0.25) is 0 Å². The summed E-state index contributed by atoms with van der Waals surface area (Å²) in [5.41, 5.74) is 0.610. The van der Waals surface area contributed by atoms with Gasteiger partial charge in [-0.3, -0.25) is 4.79 Å². The van der Waals surface area contributed by atoms with Gasteiger partial charge in [-0.15, -0.1) is 0 Å². The first-order valence-electron chi connectivity index (χ1n) is 9.28. The van der Waals surface area contributed by atoms with E-state index < -0.39 is 0 Å². The highest BCUT2D eigenvalue weighted by molar-refractivity contribution is 6.32. The van der Waals surface area contributed by atoms with Crippen molar-refractivity contribution in [3.05, 3.63) is 47.0 Å². The van der Waals surface area contributed by atoms with Crippen LogP contribution in [0.15, 0.2) is 30.6 Å². The van der Waals surface area contributed by atoms with Crippen LogP contribution in [0.2, 0.25) is 5.02 Å². The lowest BCUT2D eigenvalue weighted by atomic mass is 9.95. The zero-order valence-electron chi connectivity index (χ0n) is 15.4. The van der Waals surface area contributed by atoms with Crippen molar-refractivity contribution in [2.75, 3.05) is 20.2 Å². The molecular weight excluding hydrogens is 350 g/mol. The van der Waals surface area contributed by atoms with Crippen LogP contribution in [0.1, 0.15) is 54.7 Å². The third-order valence-corrected chi connectivity index (χ3v) is 5.34. The summed E-state index contributed by atoms with van der Waals surface area (Å²) in [5, 5.41) is 0.464. The molecule has 0 saturated carbocycles. The van der Waals surface area contributed by atoms with Gasteiger partial charge in [-0.1, -0.05) is 24.9 Å². The number of nitrogens with zero attached hydrogens (tertiary/aromatic N) is 3. The fraction of sp³-hybridized carbons (Fsp3) is 0.500. The molecule has 0 bridgehead atoms. The molecule has 6 heteroatoms. The number of unbranched alkanes of at least 4 members (excludes halogenated alkanes) is 1. The summed E-state index contributed by atoms with van der Waals surface area (Å²) >= 11 is 6.16. The summed E-state index contributed by atoms with van der Waals surface area (Å²) in [7, 11) is 1.57. The zero-order chi connectivity index (χ0) is 18.5. The topological polar surface area (TPSA) is 47.4 Å². The minimum absolute atomic E-state index is 0.0299. The van der Waals surface area contributed by atoms with E-state index in [4.69, 9.17) is 16.3 Å². The van der Waals surface area contributed by atoms with Crippen LogP contribution in [0.25, 0.3) is 0 Å². The van der Waals surface area contributed by atoms with E-state index in [0.29, 0.717) is 22.3 Å². The van der Waals surface area contributed by atoms with Crippen molar-refractivity contribution in [1.82, 2.24) is 14.5 Å². The maximum absolute atomic E-state index is 12.8. The number of piperidine rings is 1. The van der Waals surface area contributed by atoms with Gasteiger partial charge in [0.15, 0.2) is 0 Å².